The average Bonchev–Trinajstić information content (AvgIpc) is 3.22. The van der Waals surface area contributed by atoms with Gasteiger partial charge in [0.05, 0.1) is 17.7 Å². The fourth-order valence-corrected chi connectivity index (χ4v) is 5.71. The van der Waals surface area contributed by atoms with Gasteiger partial charge in [0, 0.05) is 31.8 Å². The molecule has 2 unspecified atom stereocenters. The quantitative estimate of drug-likeness (QED) is 0.721. The zero-order chi connectivity index (χ0) is 22.9. The third kappa shape index (κ3) is 4.67. The van der Waals surface area contributed by atoms with Crippen molar-refractivity contribution >= 4 is 5.91 Å². The van der Waals surface area contributed by atoms with Crippen LogP contribution in [0.5, 0.6) is 0 Å². The van der Waals surface area contributed by atoms with Gasteiger partial charge in [-0.25, -0.2) is 4.98 Å². The fourth-order valence-electron chi connectivity index (χ4n) is 5.71. The van der Waals surface area contributed by atoms with Gasteiger partial charge >= 0.3 is 6.18 Å². The van der Waals surface area contributed by atoms with E-state index in [9.17, 15) is 18.0 Å². The number of aromatic nitrogens is 1. The Morgan fingerprint density at radius 2 is 2.03 bits per heavy atom. The van der Waals surface area contributed by atoms with E-state index < -0.39 is 17.3 Å². The molecule has 1 saturated carbocycles. The molecule has 1 amide bonds. The number of carbonyl (C=O) groups excluding carboxylic acids is 1. The van der Waals surface area contributed by atoms with Crippen LogP contribution in [0, 0.1) is 11.3 Å². The Labute approximate surface area is 188 Å². The van der Waals surface area contributed by atoms with Crippen molar-refractivity contribution in [2.24, 2.45) is 11.3 Å². The number of nitrogens with zero attached hydrogens (tertiary/aromatic N) is 2. The molecule has 2 fully saturated rings. The minimum Gasteiger partial charge on any atom is -0.381 e. The van der Waals surface area contributed by atoms with Gasteiger partial charge in [0.15, 0.2) is 0 Å². The fraction of sp³-hybridized carbons (Fsp3) is 0.750. The predicted molar refractivity (Wildman–Crippen MR) is 115 cm³/mol. The van der Waals surface area contributed by atoms with Crippen LogP contribution in [0.15, 0.2) is 12.1 Å². The van der Waals surface area contributed by atoms with E-state index >= 15 is 0 Å². The van der Waals surface area contributed by atoms with Crippen LogP contribution >= 0.6 is 0 Å². The zero-order valence-electron chi connectivity index (χ0n) is 19.0. The molecule has 2 aliphatic heterocycles. The molecule has 0 spiro atoms. The molecule has 4 rings (SSSR count). The number of pyridine rings is 1. The lowest BCUT2D eigenvalue weighted by Gasteiger charge is -2.40. The van der Waals surface area contributed by atoms with Crippen molar-refractivity contribution in [2.75, 3.05) is 19.8 Å². The molecule has 178 valence electrons. The van der Waals surface area contributed by atoms with Crippen LogP contribution in [-0.4, -0.2) is 47.6 Å². The minimum absolute atomic E-state index is 0.0907. The average molecular weight is 454 g/mol. The number of hydrogen-bond acceptors (Lipinski definition) is 4. The maximum Gasteiger partial charge on any atom is 0.433 e. The lowest BCUT2D eigenvalue weighted by molar-refractivity contribution is -0.146. The number of halogens is 3. The second-order valence-electron chi connectivity index (χ2n) is 9.74. The Kier molecular flexibility index (Phi) is 6.82. The highest BCUT2D eigenvalue weighted by Crippen LogP contribution is 2.48. The third-order valence-corrected chi connectivity index (χ3v) is 7.86. The summed E-state index contributed by atoms with van der Waals surface area (Å²) in [4.78, 5) is 19.5. The Balaban J connectivity index is 1.50. The van der Waals surface area contributed by atoms with Crippen LogP contribution in [0.1, 0.15) is 69.3 Å². The van der Waals surface area contributed by atoms with E-state index in [0.717, 1.165) is 63.4 Å². The van der Waals surface area contributed by atoms with Crippen LogP contribution in [0.3, 0.4) is 0 Å². The third-order valence-electron chi connectivity index (χ3n) is 7.86. The maximum atomic E-state index is 13.9. The van der Waals surface area contributed by atoms with Gasteiger partial charge in [0.25, 0.3) is 0 Å². The molecule has 1 aliphatic carbocycles. The van der Waals surface area contributed by atoms with Crippen molar-refractivity contribution < 1.29 is 22.7 Å². The van der Waals surface area contributed by atoms with E-state index in [4.69, 9.17) is 4.74 Å². The number of alkyl halides is 3. The lowest BCUT2D eigenvalue weighted by Crippen LogP contribution is -2.49. The first kappa shape index (κ1) is 23.5. The van der Waals surface area contributed by atoms with Crippen molar-refractivity contribution in [1.29, 1.82) is 0 Å². The molecule has 1 N–H and O–H groups in total. The highest BCUT2D eigenvalue weighted by atomic mass is 19.4. The summed E-state index contributed by atoms with van der Waals surface area (Å²) >= 11 is 0. The number of ether oxygens (including phenoxy) is 1. The van der Waals surface area contributed by atoms with Crippen LogP contribution in [0.4, 0.5) is 13.2 Å². The predicted octanol–water partition coefficient (Wildman–Crippen LogP) is 4.34. The summed E-state index contributed by atoms with van der Waals surface area (Å²) in [6.07, 6.45) is 1.53. The Morgan fingerprint density at radius 1 is 1.28 bits per heavy atom. The van der Waals surface area contributed by atoms with Crippen molar-refractivity contribution in [3.8, 4) is 0 Å². The van der Waals surface area contributed by atoms with Crippen LogP contribution < -0.4 is 5.32 Å². The smallest absolute Gasteiger partial charge is 0.381 e. The van der Waals surface area contributed by atoms with Gasteiger partial charge in [-0.3, -0.25) is 4.79 Å². The van der Waals surface area contributed by atoms with Crippen molar-refractivity contribution in [2.45, 2.75) is 83.6 Å². The zero-order valence-corrected chi connectivity index (χ0v) is 19.0. The van der Waals surface area contributed by atoms with Crippen molar-refractivity contribution in [3.05, 3.63) is 29.1 Å². The van der Waals surface area contributed by atoms with Crippen LogP contribution in [-0.2, 0) is 28.7 Å². The minimum atomic E-state index is -4.48. The highest BCUT2D eigenvalue weighted by molar-refractivity contribution is 5.83. The van der Waals surface area contributed by atoms with E-state index in [1.54, 1.807) is 4.90 Å². The summed E-state index contributed by atoms with van der Waals surface area (Å²) < 4.78 is 44.9. The first-order valence-corrected chi connectivity index (χ1v) is 11.9. The van der Waals surface area contributed by atoms with Gasteiger partial charge in [-0.15, -0.1) is 0 Å². The van der Waals surface area contributed by atoms with E-state index in [-0.39, 0.29) is 18.4 Å². The molecule has 0 bridgehead atoms. The molecule has 1 aromatic heterocycles. The standard InChI is InChI=1S/C24H34F3N3O2/c1-3-16(2)23(10-6-19(14-23)28-18-8-12-32-13-9-18)22(31)30-11-7-17-4-5-21(24(25,26)27)29-20(17)15-30/h4-5,16,18-19,28H,3,6-15H2,1-2H3/t16?,19?,23-/m0/s1. The number of carbonyl (C=O) groups is 1. The van der Waals surface area contributed by atoms with Crippen molar-refractivity contribution in [3.63, 3.8) is 0 Å². The van der Waals surface area contributed by atoms with Gasteiger partial charge in [0.2, 0.25) is 5.91 Å². The summed E-state index contributed by atoms with van der Waals surface area (Å²) in [5, 5.41) is 3.76. The van der Waals surface area contributed by atoms with Gasteiger partial charge in [-0.2, -0.15) is 13.2 Å². The number of hydrogen-bond donors (Lipinski definition) is 1. The second-order valence-corrected chi connectivity index (χ2v) is 9.74. The van der Waals surface area contributed by atoms with Gasteiger partial charge < -0.3 is 15.0 Å². The summed E-state index contributed by atoms with van der Waals surface area (Å²) in [6.45, 7) is 6.51. The molecular formula is C24H34F3N3O2. The molecule has 5 nitrogen and oxygen atoms in total. The Morgan fingerprint density at radius 3 is 2.72 bits per heavy atom. The second kappa shape index (κ2) is 9.29. The molecule has 1 aromatic rings. The molecule has 8 heteroatoms. The molecule has 1 saturated heterocycles. The normalized spacial score (nSPS) is 27.9. The van der Waals surface area contributed by atoms with E-state index in [2.05, 4.69) is 24.1 Å². The highest BCUT2D eigenvalue weighted by Gasteiger charge is 2.50. The van der Waals surface area contributed by atoms with E-state index in [0.29, 0.717) is 30.7 Å². The van der Waals surface area contributed by atoms with Crippen LogP contribution in [0.25, 0.3) is 0 Å². The maximum absolute atomic E-state index is 13.9. The Hall–Kier alpha value is -1.67. The van der Waals surface area contributed by atoms with Gasteiger partial charge in [0.1, 0.15) is 5.69 Å². The molecule has 0 aromatic carbocycles. The first-order valence-electron chi connectivity index (χ1n) is 11.9. The number of rotatable bonds is 5. The Bertz CT molecular complexity index is 825. The summed E-state index contributed by atoms with van der Waals surface area (Å²) in [7, 11) is 0. The summed E-state index contributed by atoms with van der Waals surface area (Å²) in [5.41, 5.74) is -0.154. The number of amides is 1. The van der Waals surface area contributed by atoms with Gasteiger partial charge in [-0.1, -0.05) is 26.3 Å². The molecule has 0 radical (unpaired) electrons. The molecule has 3 atom stereocenters. The molecule has 3 aliphatic rings. The van der Waals surface area contributed by atoms with E-state index in [1.807, 2.05) is 0 Å². The lowest BCUT2D eigenvalue weighted by atomic mass is 9.72. The number of fused-ring (bicyclic) bond motifs is 1. The van der Waals surface area contributed by atoms with Gasteiger partial charge in [-0.05, 0) is 56.1 Å². The topological polar surface area (TPSA) is 54.5 Å². The SMILES string of the molecule is CCC(C)[C@]1(C(=O)N2CCc3ccc(C(F)(F)F)nc3C2)CCC(NC2CCOCC2)C1. The largest absolute Gasteiger partial charge is 0.433 e. The molecule has 3 heterocycles. The molecular weight excluding hydrogens is 419 g/mol. The number of nitrogens with one attached hydrogen (secondary N) is 1. The first-order chi connectivity index (χ1) is 15.2. The van der Waals surface area contributed by atoms with Crippen molar-refractivity contribution in [1.82, 2.24) is 15.2 Å². The van der Waals surface area contributed by atoms with E-state index in [1.165, 1.54) is 6.07 Å². The molecule has 32 heavy (non-hydrogen) atoms. The van der Waals surface area contributed by atoms with Crippen LogP contribution in [0.2, 0.25) is 0 Å². The summed E-state index contributed by atoms with van der Waals surface area (Å²) in [5.74, 6) is 0.306. The monoisotopic (exact) mass is 453 g/mol. The summed E-state index contributed by atoms with van der Waals surface area (Å²) in [6, 6.07) is 3.29.